The van der Waals surface area contributed by atoms with Crippen molar-refractivity contribution < 1.29 is 14.7 Å². The van der Waals surface area contributed by atoms with Crippen molar-refractivity contribution in [2.45, 2.75) is 51.1 Å². The molecule has 2 fully saturated rings. The Morgan fingerprint density at radius 1 is 1.14 bits per heavy atom. The molecule has 0 aliphatic heterocycles. The van der Waals surface area contributed by atoms with Gasteiger partial charge in [0, 0.05) is 16.8 Å². The number of hydrogen-bond donors (Lipinski definition) is 1. The van der Waals surface area contributed by atoms with E-state index in [1.54, 1.807) is 11.3 Å². The number of rotatable bonds is 5. The maximum Gasteiger partial charge on any atom is 0.306 e. The molecule has 114 valence electrons. The van der Waals surface area contributed by atoms with Gasteiger partial charge in [0.05, 0.1) is 12.5 Å². The fourth-order valence-corrected chi connectivity index (χ4v) is 3.87. The highest BCUT2D eigenvalue weighted by Crippen LogP contribution is 2.35. The zero-order valence-corrected chi connectivity index (χ0v) is 12.8. The molecule has 2 aliphatic carbocycles. The van der Waals surface area contributed by atoms with Gasteiger partial charge < -0.3 is 10.0 Å². The van der Waals surface area contributed by atoms with E-state index in [2.05, 4.69) is 6.07 Å². The van der Waals surface area contributed by atoms with Crippen LogP contribution in [0, 0.1) is 11.8 Å². The summed E-state index contributed by atoms with van der Waals surface area (Å²) in [5.74, 6) is -0.685. The monoisotopic (exact) mass is 307 g/mol. The van der Waals surface area contributed by atoms with Gasteiger partial charge in [-0.05, 0) is 50.0 Å². The van der Waals surface area contributed by atoms with Crippen molar-refractivity contribution in [1.82, 2.24) is 4.90 Å². The molecule has 2 saturated carbocycles. The van der Waals surface area contributed by atoms with Crippen LogP contribution in [-0.2, 0) is 16.1 Å². The summed E-state index contributed by atoms with van der Waals surface area (Å²) in [5, 5.41) is 11.1. The van der Waals surface area contributed by atoms with Crippen molar-refractivity contribution in [1.29, 1.82) is 0 Å². The van der Waals surface area contributed by atoms with E-state index in [1.807, 2.05) is 16.3 Å². The molecule has 0 aromatic carbocycles. The molecule has 2 aliphatic rings. The van der Waals surface area contributed by atoms with Gasteiger partial charge in [-0.2, -0.15) is 0 Å². The molecule has 3 rings (SSSR count). The number of carboxylic acids is 1. The standard InChI is InChI=1S/C16H21NO3S/c18-15(11-3-5-12(6-4-11)16(19)20)17(13-7-8-13)10-14-2-1-9-21-14/h1-2,9,11-13H,3-8,10H2,(H,19,20). The van der Waals surface area contributed by atoms with Crippen molar-refractivity contribution in [2.24, 2.45) is 11.8 Å². The van der Waals surface area contributed by atoms with Crippen LogP contribution in [-0.4, -0.2) is 27.9 Å². The number of hydrogen-bond acceptors (Lipinski definition) is 3. The minimum Gasteiger partial charge on any atom is -0.481 e. The molecule has 1 amide bonds. The van der Waals surface area contributed by atoms with Crippen LogP contribution in [0.4, 0.5) is 0 Å². The van der Waals surface area contributed by atoms with E-state index in [0.29, 0.717) is 18.9 Å². The van der Waals surface area contributed by atoms with Crippen LogP contribution in [0.3, 0.4) is 0 Å². The third kappa shape index (κ3) is 3.46. The number of carbonyl (C=O) groups excluding carboxylic acids is 1. The first-order chi connectivity index (χ1) is 10.1. The van der Waals surface area contributed by atoms with Gasteiger partial charge in [0.25, 0.3) is 0 Å². The largest absolute Gasteiger partial charge is 0.481 e. The third-order valence-corrected chi connectivity index (χ3v) is 5.46. The Hall–Kier alpha value is -1.36. The quantitative estimate of drug-likeness (QED) is 0.909. The Bertz CT molecular complexity index is 502. The maximum atomic E-state index is 12.8. The smallest absolute Gasteiger partial charge is 0.306 e. The predicted octanol–water partition coefficient (Wildman–Crippen LogP) is 3.13. The van der Waals surface area contributed by atoms with Crippen molar-refractivity contribution in [3.8, 4) is 0 Å². The first kappa shape index (κ1) is 14.6. The van der Waals surface area contributed by atoms with E-state index in [4.69, 9.17) is 5.11 Å². The molecule has 4 nitrogen and oxygen atoms in total. The summed E-state index contributed by atoms with van der Waals surface area (Å²) in [4.78, 5) is 27.0. The number of carbonyl (C=O) groups is 2. The lowest BCUT2D eigenvalue weighted by molar-refractivity contribution is -0.146. The lowest BCUT2D eigenvalue weighted by atomic mass is 9.81. The molecule has 21 heavy (non-hydrogen) atoms. The van der Waals surface area contributed by atoms with Crippen LogP contribution in [0.2, 0.25) is 0 Å². The minimum atomic E-state index is -0.710. The predicted molar refractivity (Wildman–Crippen MR) is 81.0 cm³/mol. The Balaban J connectivity index is 1.61. The van der Waals surface area contributed by atoms with Gasteiger partial charge in [-0.15, -0.1) is 11.3 Å². The molecule has 0 spiro atoms. The number of amides is 1. The highest BCUT2D eigenvalue weighted by atomic mass is 32.1. The molecule has 1 aromatic rings. The van der Waals surface area contributed by atoms with Gasteiger partial charge >= 0.3 is 5.97 Å². The number of aliphatic carboxylic acids is 1. The van der Waals surface area contributed by atoms with Crippen LogP contribution in [0.5, 0.6) is 0 Å². The fourth-order valence-electron chi connectivity index (χ4n) is 3.17. The van der Waals surface area contributed by atoms with E-state index in [-0.39, 0.29) is 17.7 Å². The van der Waals surface area contributed by atoms with Crippen molar-refractivity contribution in [3.63, 3.8) is 0 Å². The minimum absolute atomic E-state index is 0.0289. The second-order valence-corrected chi connectivity index (χ2v) is 7.20. The molecule has 0 unspecified atom stereocenters. The van der Waals surface area contributed by atoms with E-state index in [1.165, 1.54) is 4.88 Å². The first-order valence-corrected chi connectivity index (χ1v) is 8.59. The highest BCUT2D eigenvalue weighted by Gasteiger charge is 2.38. The van der Waals surface area contributed by atoms with E-state index in [0.717, 1.165) is 32.2 Å². The Morgan fingerprint density at radius 2 is 1.81 bits per heavy atom. The van der Waals surface area contributed by atoms with Gasteiger partial charge in [0.1, 0.15) is 0 Å². The van der Waals surface area contributed by atoms with Crippen molar-refractivity contribution in [3.05, 3.63) is 22.4 Å². The molecule has 0 radical (unpaired) electrons. The first-order valence-electron chi connectivity index (χ1n) is 7.71. The number of thiophene rings is 1. The van der Waals surface area contributed by atoms with Gasteiger partial charge in [0.15, 0.2) is 0 Å². The van der Waals surface area contributed by atoms with Gasteiger partial charge in [-0.3, -0.25) is 9.59 Å². The average Bonchev–Trinajstić information content (AvgIpc) is 3.20. The molecular formula is C16H21NO3S. The second-order valence-electron chi connectivity index (χ2n) is 6.16. The molecule has 1 aromatic heterocycles. The van der Waals surface area contributed by atoms with Gasteiger partial charge in [-0.25, -0.2) is 0 Å². The highest BCUT2D eigenvalue weighted by molar-refractivity contribution is 7.09. The summed E-state index contributed by atoms with van der Waals surface area (Å²) in [6, 6.07) is 4.51. The fraction of sp³-hybridized carbons (Fsp3) is 0.625. The molecular weight excluding hydrogens is 286 g/mol. The zero-order chi connectivity index (χ0) is 14.8. The summed E-state index contributed by atoms with van der Waals surface area (Å²) in [7, 11) is 0. The van der Waals surface area contributed by atoms with E-state index >= 15 is 0 Å². The van der Waals surface area contributed by atoms with Crippen molar-refractivity contribution >= 4 is 23.2 Å². The zero-order valence-electron chi connectivity index (χ0n) is 12.0. The van der Waals surface area contributed by atoms with Crippen molar-refractivity contribution in [2.75, 3.05) is 0 Å². The molecule has 5 heteroatoms. The Kier molecular flexibility index (Phi) is 4.29. The summed E-state index contributed by atoms with van der Waals surface area (Å²) in [5.41, 5.74) is 0. The third-order valence-electron chi connectivity index (χ3n) is 4.60. The molecule has 0 bridgehead atoms. The second kappa shape index (κ2) is 6.18. The summed E-state index contributed by atoms with van der Waals surface area (Å²) in [6.07, 6.45) is 4.96. The summed E-state index contributed by atoms with van der Waals surface area (Å²) >= 11 is 1.69. The van der Waals surface area contributed by atoms with E-state index < -0.39 is 5.97 Å². The molecule has 0 saturated heterocycles. The average molecular weight is 307 g/mol. The maximum absolute atomic E-state index is 12.8. The van der Waals surface area contributed by atoms with Crippen LogP contribution in [0.25, 0.3) is 0 Å². The van der Waals surface area contributed by atoms with Crippen LogP contribution >= 0.6 is 11.3 Å². The van der Waals surface area contributed by atoms with Crippen LogP contribution < -0.4 is 0 Å². The number of nitrogens with zero attached hydrogens (tertiary/aromatic N) is 1. The molecule has 1 heterocycles. The topological polar surface area (TPSA) is 57.6 Å². The lowest BCUT2D eigenvalue weighted by Crippen LogP contribution is -2.39. The van der Waals surface area contributed by atoms with Gasteiger partial charge in [-0.1, -0.05) is 6.07 Å². The SMILES string of the molecule is O=C(O)C1CCC(C(=O)N(Cc2cccs2)C2CC2)CC1. The van der Waals surface area contributed by atoms with E-state index in [9.17, 15) is 9.59 Å². The molecule has 0 atom stereocenters. The Labute approximate surface area is 128 Å². The summed E-state index contributed by atoms with van der Waals surface area (Å²) < 4.78 is 0. The van der Waals surface area contributed by atoms with Crippen LogP contribution in [0.1, 0.15) is 43.4 Å². The molecule has 1 N–H and O–H groups in total. The van der Waals surface area contributed by atoms with Crippen LogP contribution in [0.15, 0.2) is 17.5 Å². The Morgan fingerprint density at radius 3 is 2.33 bits per heavy atom. The summed E-state index contributed by atoms with van der Waals surface area (Å²) in [6.45, 7) is 0.722. The normalized spacial score (nSPS) is 25.5. The van der Waals surface area contributed by atoms with Gasteiger partial charge in [0.2, 0.25) is 5.91 Å². The lowest BCUT2D eigenvalue weighted by Gasteiger charge is -2.31. The number of carboxylic acid groups (broad SMARTS) is 1.